The van der Waals surface area contributed by atoms with Gasteiger partial charge in [0.15, 0.2) is 0 Å². The maximum Gasteiger partial charge on any atom is 0.417 e. The van der Waals surface area contributed by atoms with Crippen LogP contribution in [0.1, 0.15) is 24.5 Å². The number of amides is 2. The van der Waals surface area contributed by atoms with Gasteiger partial charge < -0.3 is 15.4 Å². The lowest BCUT2D eigenvalue weighted by atomic mass is 9.89. The number of rotatable bonds is 8. The Labute approximate surface area is 206 Å². The molecule has 1 aromatic heterocycles. The minimum Gasteiger partial charge on any atom is -0.453 e. The summed E-state index contributed by atoms with van der Waals surface area (Å²) in [5.74, 6) is -0.242. The SMILES string of the molecule is COC(=O)N1C(C)C=C[C@]1(Cc1ccccc1)C(=O)NCCCNc1ncc(C(F)(F)F)cc1Cl. The van der Waals surface area contributed by atoms with Gasteiger partial charge in [0.2, 0.25) is 0 Å². The monoisotopic (exact) mass is 510 g/mol. The first-order valence-corrected chi connectivity index (χ1v) is 11.3. The molecule has 0 bridgehead atoms. The number of aromatic nitrogens is 1. The molecule has 11 heteroatoms. The fourth-order valence-corrected chi connectivity index (χ4v) is 4.18. The van der Waals surface area contributed by atoms with Gasteiger partial charge in [-0.15, -0.1) is 0 Å². The van der Waals surface area contributed by atoms with Gasteiger partial charge in [-0.2, -0.15) is 13.2 Å². The molecule has 35 heavy (non-hydrogen) atoms. The number of carbonyl (C=O) groups excluding carboxylic acids is 2. The van der Waals surface area contributed by atoms with Crippen LogP contribution in [0, 0.1) is 0 Å². The Morgan fingerprint density at radius 3 is 2.57 bits per heavy atom. The second-order valence-corrected chi connectivity index (χ2v) is 8.52. The number of carbonyl (C=O) groups is 2. The molecule has 3 rings (SSSR count). The van der Waals surface area contributed by atoms with Crippen LogP contribution in [0.15, 0.2) is 54.7 Å². The molecule has 0 fully saturated rings. The van der Waals surface area contributed by atoms with Crippen molar-refractivity contribution < 1.29 is 27.5 Å². The second kappa shape index (κ2) is 11.0. The van der Waals surface area contributed by atoms with Gasteiger partial charge in [0.25, 0.3) is 5.91 Å². The van der Waals surface area contributed by atoms with Gasteiger partial charge in [0.1, 0.15) is 11.4 Å². The molecule has 1 aliphatic rings. The standard InChI is InChI=1S/C24H26ClF3N4O3/c1-16-9-10-23(32(16)22(34)35-2,14-17-7-4-3-5-8-17)21(33)30-12-6-11-29-20-19(25)13-18(15-31-20)24(26,27)28/h3-5,7-10,13,15-16H,6,11-12,14H2,1-2H3,(H,29,31)(H,30,33)/t16?,23-/m0/s1. The van der Waals surface area contributed by atoms with E-state index in [0.717, 1.165) is 11.6 Å². The lowest BCUT2D eigenvalue weighted by Gasteiger charge is -2.38. The first kappa shape index (κ1) is 26.3. The third-order valence-corrected chi connectivity index (χ3v) is 5.96. The molecular weight excluding hydrogens is 485 g/mol. The summed E-state index contributed by atoms with van der Waals surface area (Å²) >= 11 is 5.90. The predicted molar refractivity (Wildman–Crippen MR) is 126 cm³/mol. The zero-order valence-electron chi connectivity index (χ0n) is 19.2. The lowest BCUT2D eigenvalue weighted by molar-refractivity contribution is -0.137. The minimum absolute atomic E-state index is 0.121. The van der Waals surface area contributed by atoms with E-state index in [2.05, 4.69) is 15.6 Å². The van der Waals surface area contributed by atoms with Crippen molar-refractivity contribution in [2.24, 2.45) is 0 Å². The molecule has 1 aliphatic heterocycles. The van der Waals surface area contributed by atoms with Crippen LogP contribution in [0.5, 0.6) is 0 Å². The molecule has 0 saturated heterocycles. The van der Waals surface area contributed by atoms with E-state index < -0.39 is 23.4 Å². The average molecular weight is 511 g/mol. The van der Waals surface area contributed by atoms with Gasteiger partial charge >= 0.3 is 12.3 Å². The van der Waals surface area contributed by atoms with Crippen molar-refractivity contribution >= 4 is 29.4 Å². The first-order valence-electron chi connectivity index (χ1n) is 10.9. The number of nitrogens with one attached hydrogen (secondary N) is 2. The molecule has 2 N–H and O–H groups in total. The Hall–Kier alpha value is -3.27. The predicted octanol–water partition coefficient (Wildman–Crippen LogP) is 4.68. The fourth-order valence-electron chi connectivity index (χ4n) is 3.95. The van der Waals surface area contributed by atoms with Crippen LogP contribution in [-0.2, 0) is 22.1 Å². The third-order valence-electron chi connectivity index (χ3n) is 5.67. The molecule has 0 aliphatic carbocycles. The number of methoxy groups -OCH3 is 1. The molecule has 0 saturated carbocycles. The van der Waals surface area contributed by atoms with Crippen LogP contribution in [0.4, 0.5) is 23.8 Å². The summed E-state index contributed by atoms with van der Waals surface area (Å²) < 4.78 is 43.2. The summed E-state index contributed by atoms with van der Waals surface area (Å²) in [6.45, 7) is 2.35. The third kappa shape index (κ3) is 6.05. The average Bonchev–Trinajstić information content (AvgIpc) is 3.15. The quantitative estimate of drug-likeness (QED) is 0.398. The Bertz CT molecular complexity index is 1080. The first-order chi connectivity index (χ1) is 16.6. The lowest BCUT2D eigenvalue weighted by Crippen LogP contribution is -2.60. The molecule has 188 valence electrons. The molecule has 2 atom stereocenters. The van der Waals surface area contributed by atoms with E-state index in [0.29, 0.717) is 19.2 Å². The smallest absolute Gasteiger partial charge is 0.417 e. The van der Waals surface area contributed by atoms with Crippen LogP contribution in [0.3, 0.4) is 0 Å². The van der Waals surface area contributed by atoms with Crippen LogP contribution in [0.25, 0.3) is 0 Å². The minimum atomic E-state index is -4.53. The highest BCUT2D eigenvalue weighted by atomic mass is 35.5. The number of ether oxygens (including phenoxy) is 1. The fraction of sp³-hybridized carbons (Fsp3) is 0.375. The van der Waals surface area contributed by atoms with E-state index in [1.54, 1.807) is 19.1 Å². The van der Waals surface area contributed by atoms with Gasteiger partial charge in [-0.05, 0) is 25.0 Å². The van der Waals surface area contributed by atoms with E-state index in [4.69, 9.17) is 16.3 Å². The number of alkyl halides is 3. The summed E-state index contributed by atoms with van der Waals surface area (Å²) in [6, 6.07) is 9.81. The Morgan fingerprint density at radius 2 is 1.94 bits per heavy atom. The summed E-state index contributed by atoms with van der Waals surface area (Å²) in [7, 11) is 1.27. The van der Waals surface area contributed by atoms with E-state index in [9.17, 15) is 22.8 Å². The highest BCUT2D eigenvalue weighted by Gasteiger charge is 2.50. The summed E-state index contributed by atoms with van der Waals surface area (Å²) in [5, 5.41) is 5.58. The summed E-state index contributed by atoms with van der Waals surface area (Å²) in [6.07, 6.45) is -0.223. The van der Waals surface area contributed by atoms with Crippen molar-refractivity contribution in [1.29, 1.82) is 0 Å². The Balaban J connectivity index is 1.63. The Kier molecular flexibility index (Phi) is 8.26. The van der Waals surface area contributed by atoms with Crippen molar-refractivity contribution in [2.45, 2.75) is 37.5 Å². The summed E-state index contributed by atoms with van der Waals surface area (Å²) in [4.78, 5) is 31.1. The van der Waals surface area contributed by atoms with E-state index >= 15 is 0 Å². The van der Waals surface area contributed by atoms with Crippen LogP contribution in [0.2, 0.25) is 5.02 Å². The number of pyridine rings is 1. The highest BCUT2D eigenvalue weighted by molar-refractivity contribution is 6.32. The molecule has 0 radical (unpaired) electrons. The highest BCUT2D eigenvalue weighted by Crippen LogP contribution is 2.33. The molecule has 7 nitrogen and oxygen atoms in total. The van der Waals surface area contributed by atoms with Crippen molar-refractivity contribution in [1.82, 2.24) is 15.2 Å². The van der Waals surface area contributed by atoms with E-state index in [-0.39, 0.29) is 35.8 Å². The molecule has 2 amide bonds. The number of anilines is 1. The number of nitrogens with zero attached hydrogens (tertiary/aromatic N) is 2. The van der Waals surface area contributed by atoms with Gasteiger partial charge in [0, 0.05) is 25.7 Å². The molecule has 2 heterocycles. The number of halogens is 4. The van der Waals surface area contributed by atoms with Crippen LogP contribution in [-0.4, -0.2) is 53.7 Å². The van der Waals surface area contributed by atoms with Crippen LogP contribution < -0.4 is 10.6 Å². The second-order valence-electron chi connectivity index (χ2n) is 8.11. The van der Waals surface area contributed by atoms with Gasteiger partial charge in [-0.3, -0.25) is 9.69 Å². The number of hydrogen-bond acceptors (Lipinski definition) is 5. The number of benzene rings is 1. The van der Waals surface area contributed by atoms with Gasteiger partial charge in [-0.1, -0.05) is 54.1 Å². The zero-order valence-corrected chi connectivity index (χ0v) is 20.0. The zero-order chi connectivity index (χ0) is 25.6. The topological polar surface area (TPSA) is 83.6 Å². The maximum absolute atomic E-state index is 13.4. The molecule has 1 aromatic carbocycles. The van der Waals surface area contributed by atoms with Crippen molar-refractivity contribution in [3.05, 3.63) is 70.9 Å². The van der Waals surface area contributed by atoms with E-state index in [1.807, 2.05) is 30.3 Å². The largest absolute Gasteiger partial charge is 0.453 e. The van der Waals surface area contributed by atoms with Crippen molar-refractivity contribution in [3.63, 3.8) is 0 Å². The normalized spacial score (nSPS) is 19.5. The summed E-state index contributed by atoms with van der Waals surface area (Å²) in [5.41, 5.74) is -1.32. The van der Waals surface area contributed by atoms with E-state index in [1.165, 1.54) is 12.0 Å². The van der Waals surface area contributed by atoms with Crippen molar-refractivity contribution in [2.75, 3.05) is 25.5 Å². The Morgan fingerprint density at radius 1 is 1.23 bits per heavy atom. The van der Waals surface area contributed by atoms with Gasteiger partial charge in [0.05, 0.1) is 23.7 Å². The molecular formula is C24H26ClF3N4O3. The van der Waals surface area contributed by atoms with Gasteiger partial charge in [-0.25, -0.2) is 9.78 Å². The molecule has 1 unspecified atom stereocenters. The maximum atomic E-state index is 13.4. The molecule has 2 aromatic rings. The van der Waals surface area contributed by atoms with Crippen molar-refractivity contribution in [3.8, 4) is 0 Å². The number of hydrogen-bond donors (Lipinski definition) is 2. The molecule has 0 spiro atoms. The van der Waals surface area contributed by atoms with Crippen LogP contribution >= 0.6 is 11.6 Å².